The molecule has 1 N–H and O–H groups in total. The maximum Gasteiger partial charge on any atom is 0.232 e. The summed E-state index contributed by atoms with van der Waals surface area (Å²) < 4.78 is 5.69. The fraction of sp³-hybridized carbons (Fsp3) is 0.500. The third kappa shape index (κ3) is 2.97. The van der Waals surface area contributed by atoms with Crippen molar-refractivity contribution >= 4 is 23.2 Å². The van der Waals surface area contributed by atoms with Crippen molar-refractivity contribution in [3.05, 3.63) is 23.4 Å². The highest BCUT2D eigenvalue weighted by molar-refractivity contribution is 6.31. The third-order valence-corrected chi connectivity index (χ3v) is 2.93. The van der Waals surface area contributed by atoms with Crippen LogP contribution in [0.25, 0.3) is 0 Å². The first kappa shape index (κ1) is 11.0. The zero-order valence-electron chi connectivity index (χ0n) is 8.12. The zero-order valence-corrected chi connectivity index (χ0v) is 9.63. The molecule has 15 heavy (non-hydrogen) atoms. The molecule has 2 rings (SSSR count). The Morgan fingerprint density at radius 3 is 3.13 bits per heavy atom. The number of hydrogen-bond donors (Lipinski definition) is 1. The van der Waals surface area contributed by atoms with Gasteiger partial charge in [0.2, 0.25) is 5.88 Å². The largest absolute Gasteiger partial charge is 0.473 e. The molecule has 0 aliphatic carbocycles. The van der Waals surface area contributed by atoms with Gasteiger partial charge in [0.05, 0.1) is 5.50 Å². The van der Waals surface area contributed by atoms with E-state index in [1.807, 2.05) is 0 Å². The molecule has 2 atom stereocenters. The first-order chi connectivity index (χ1) is 7.25. The fourth-order valence-electron chi connectivity index (χ4n) is 1.56. The average Bonchev–Trinajstić information content (AvgIpc) is 2.22. The smallest absolute Gasteiger partial charge is 0.232 e. The maximum atomic E-state index is 5.97. The predicted octanol–water partition coefficient (Wildman–Crippen LogP) is 2.43. The summed E-state index contributed by atoms with van der Waals surface area (Å²) in [5.74, 6) is 0.495. The molecular formula is C10H12Cl2N2O. The Bertz CT molecular complexity index is 335. The number of aromatic nitrogens is 1. The summed E-state index contributed by atoms with van der Waals surface area (Å²) in [4.78, 5) is 4.08. The Kier molecular flexibility index (Phi) is 3.67. The molecule has 0 radical (unpaired) electrons. The quantitative estimate of drug-likeness (QED) is 0.643. The van der Waals surface area contributed by atoms with E-state index in [4.69, 9.17) is 27.9 Å². The van der Waals surface area contributed by atoms with Crippen molar-refractivity contribution in [1.82, 2.24) is 10.3 Å². The summed E-state index contributed by atoms with van der Waals surface area (Å²) in [6.45, 7) is 0.864. The Morgan fingerprint density at radius 1 is 1.53 bits per heavy atom. The van der Waals surface area contributed by atoms with E-state index in [0.717, 1.165) is 19.4 Å². The summed E-state index contributed by atoms with van der Waals surface area (Å²) in [5, 5.41) is 3.69. The second kappa shape index (κ2) is 5.01. The van der Waals surface area contributed by atoms with Crippen LogP contribution in [-0.4, -0.2) is 23.1 Å². The molecule has 1 saturated heterocycles. The van der Waals surface area contributed by atoms with Crippen molar-refractivity contribution in [2.24, 2.45) is 0 Å². The van der Waals surface area contributed by atoms with Crippen LogP contribution in [0.15, 0.2) is 18.3 Å². The van der Waals surface area contributed by atoms with E-state index in [1.165, 1.54) is 0 Å². The van der Waals surface area contributed by atoms with Crippen molar-refractivity contribution in [2.75, 3.05) is 6.54 Å². The van der Waals surface area contributed by atoms with Gasteiger partial charge in [0.25, 0.3) is 0 Å². The summed E-state index contributed by atoms with van der Waals surface area (Å²) in [6, 6.07) is 3.55. The van der Waals surface area contributed by atoms with Crippen LogP contribution in [0.2, 0.25) is 5.02 Å². The summed E-state index contributed by atoms with van der Waals surface area (Å²) in [6.07, 6.45) is 3.46. The van der Waals surface area contributed by atoms with Crippen LogP contribution in [0.3, 0.4) is 0 Å². The highest BCUT2D eigenvalue weighted by Crippen LogP contribution is 2.24. The molecule has 3 nitrogen and oxygen atoms in total. The lowest BCUT2D eigenvalue weighted by atomic mass is 10.1. The molecule has 0 saturated carbocycles. The molecule has 1 aliphatic heterocycles. The van der Waals surface area contributed by atoms with Crippen LogP contribution >= 0.6 is 23.2 Å². The van der Waals surface area contributed by atoms with Gasteiger partial charge >= 0.3 is 0 Å². The monoisotopic (exact) mass is 246 g/mol. The SMILES string of the molecule is Clc1cccnc1O[C@@H]1CCN[C@@H](Cl)C1. The van der Waals surface area contributed by atoms with Crippen LogP contribution in [0.5, 0.6) is 5.88 Å². The van der Waals surface area contributed by atoms with Crippen molar-refractivity contribution in [1.29, 1.82) is 0 Å². The highest BCUT2D eigenvalue weighted by Gasteiger charge is 2.22. The minimum atomic E-state index is -0.0220. The van der Waals surface area contributed by atoms with Gasteiger partial charge in [-0.2, -0.15) is 0 Å². The summed E-state index contributed by atoms with van der Waals surface area (Å²) >= 11 is 11.9. The highest BCUT2D eigenvalue weighted by atomic mass is 35.5. The number of rotatable bonds is 2. The average molecular weight is 247 g/mol. The second-order valence-corrected chi connectivity index (χ2v) is 4.41. The summed E-state index contributed by atoms with van der Waals surface area (Å²) in [7, 11) is 0. The molecule has 1 fully saturated rings. The number of hydrogen-bond acceptors (Lipinski definition) is 3. The normalized spacial score (nSPS) is 26.3. The molecule has 82 valence electrons. The first-order valence-electron chi connectivity index (χ1n) is 4.90. The van der Waals surface area contributed by atoms with Crippen LogP contribution < -0.4 is 10.1 Å². The van der Waals surface area contributed by atoms with Gasteiger partial charge < -0.3 is 10.1 Å². The van der Waals surface area contributed by atoms with E-state index in [9.17, 15) is 0 Å². The topological polar surface area (TPSA) is 34.1 Å². The van der Waals surface area contributed by atoms with Crippen LogP contribution in [0, 0.1) is 0 Å². The number of halogens is 2. The molecular weight excluding hydrogens is 235 g/mol. The van der Waals surface area contributed by atoms with Gasteiger partial charge in [0.1, 0.15) is 11.1 Å². The number of alkyl halides is 1. The van der Waals surface area contributed by atoms with Crippen molar-refractivity contribution in [2.45, 2.75) is 24.4 Å². The number of ether oxygens (including phenoxy) is 1. The van der Waals surface area contributed by atoms with Crippen molar-refractivity contribution in [3.63, 3.8) is 0 Å². The molecule has 2 heterocycles. The first-order valence-corrected chi connectivity index (χ1v) is 5.72. The van der Waals surface area contributed by atoms with Crippen molar-refractivity contribution in [3.8, 4) is 5.88 Å². The molecule has 1 aliphatic rings. The number of nitrogens with one attached hydrogen (secondary N) is 1. The standard InChI is InChI=1S/C10H12Cl2N2O/c11-8-2-1-4-14-10(8)15-7-3-5-13-9(12)6-7/h1-2,4,7,9,13H,3,5-6H2/t7-,9-/m1/s1. The second-order valence-electron chi connectivity index (χ2n) is 3.48. The molecule has 0 spiro atoms. The van der Waals surface area contributed by atoms with Gasteiger partial charge in [-0.25, -0.2) is 4.98 Å². The predicted molar refractivity (Wildman–Crippen MR) is 60.5 cm³/mol. The van der Waals surface area contributed by atoms with E-state index in [1.54, 1.807) is 18.3 Å². The van der Waals surface area contributed by atoms with E-state index in [2.05, 4.69) is 10.3 Å². The van der Waals surface area contributed by atoms with E-state index < -0.39 is 0 Å². The molecule has 1 aromatic rings. The van der Waals surface area contributed by atoms with Crippen LogP contribution in [0.4, 0.5) is 0 Å². The minimum absolute atomic E-state index is 0.0220. The van der Waals surface area contributed by atoms with Gasteiger partial charge in [0.15, 0.2) is 0 Å². The summed E-state index contributed by atoms with van der Waals surface area (Å²) in [5.41, 5.74) is -0.0220. The lowest BCUT2D eigenvalue weighted by molar-refractivity contribution is 0.149. The molecule has 5 heteroatoms. The number of nitrogens with zero attached hydrogens (tertiary/aromatic N) is 1. The van der Waals surface area contributed by atoms with E-state index in [0.29, 0.717) is 10.9 Å². The molecule has 0 amide bonds. The molecule has 0 unspecified atom stereocenters. The lowest BCUT2D eigenvalue weighted by Gasteiger charge is -2.26. The molecule has 0 aromatic carbocycles. The Hall–Kier alpha value is -0.510. The third-order valence-electron chi connectivity index (χ3n) is 2.30. The van der Waals surface area contributed by atoms with E-state index in [-0.39, 0.29) is 11.6 Å². The van der Waals surface area contributed by atoms with Gasteiger partial charge in [-0.15, -0.1) is 11.6 Å². The number of piperidine rings is 1. The van der Waals surface area contributed by atoms with Gasteiger partial charge in [-0.05, 0) is 25.1 Å². The Labute approximate surface area is 98.7 Å². The molecule has 1 aromatic heterocycles. The minimum Gasteiger partial charge on any atom is -0.473 e. The van der Waals surface area contributed by atoms with E-state index >= 15 is 0 Å². The zero-order chi connectivity index (χ0) is 10.7. The Balaban J connectivity index is 1.99. The molecule has 0 bridgehead atoms. The maximum absolute atomic E-state index is 5.97. The lowest BCUT2D eigenvalue weighted by Crippen LogP contribution is -2.39. The van der Waals surface area contributed by atoms with Gasteiger partial charge in [0, 0.05) is 12.6 Å². The van der Waals surface area contributed by atoms with Crippen LogP contribution in [-0.2, 0) is 0 Å². The number of pyridine rings is 1. The Morgan fingerprint density at radius 2 is 2.40 bits per heavy atom. The van der Waals surface area contributed by atoms with Crippen LogP contribution in [0.1, 0.15) is 12.8 Å². The van der Waals surface area contributed by atoms with Crippen molar-refractivity contribution < 1.29 is 4.74 Å². The fourth-order valence-corrected chi connectivity index (χ4v) is 2.03. The van der Waals surface area contributed by atoms with Gasteiger partial charge in [-0.3, -0.25) is 0 Å². The van der Waals surface area contributed by atoms with Gasteiger partial charge in [-0.1, -0.05) is 11.6 Å².